The van der Waals surface area contributed by atoms with E-state index in [0.717, 1.165) is 77.0 Å². The van der Waals surface area contributed by atoms with Gasteiger partial charge in [0.15, 0.2) is 0 Å². The first-order valence-corrected chi connectivity index (χ1v) is 11.7. The molecule has 0 saturated carbocycles. The van der Waals surface area contributed by atoms with Crippen molar-refractivity contribution in [3.8, 4) is 0 Å². The summed E-state index contributed by atoms with van der Waals surface area (Å²) >= 11 is 0. The second-order valence-corrected chi connectivity index (χ2v) is 7.45. The standard InChI is InChI=1S/C22H38N6O4/c29-19-23-13-7-1-3-10-16-26-22(32)28(18-12-6-5-9-15-25-21-31)27-17-11-4-2-8-14-24-20-30/h27H,1-18H2,(H,26,32). The first-order valence-electron chi connectivity index (χ1n) is 11.7. The number of aliphatic imine (C=N–C) groups is 3. The molecule has 0 unspecified atom stereocenters. The number of carbonyl (C=O) groups is 1. The van der Waals surface area contributed by atoms with Crippen LogP contribution in [0.2, 0.25) is 0 Å². The van der Waals surface area contributed by atoms with Crippen molar-refractivity contribution in [2.75, 3.05) is 39.3 Å². The Balaban J connectivity index is 4.14. The van der Waals surface area contributed by atoms with Gasteiger partial charge in [0.25, 0.3) is 0 Å². The Labute approximate surface area is 191 Å². The third kappa shape index (κ3) is 20.6. The molecule has 0 aromatic heterocycles. The predicted molar refractivity (Wildman–Crippen MR) is 122 cm³/mol. The fourth-order valence-electron chi connectivity index (χ4n) is 3.05. The summed E-state index contributed by atoms with van der Waals surface area (Å²) in [5.74, 6) is 0. The van der Waals surface area contributed by atoms with Crippen LogP contribution in [0.25, 0.3) is 0 Å². The van der Waals surface area contributed by atoms with Crippen molar-refractivity contribution >= 4 is 24.3 Å². The summed E-state index contributed by atoms with van der Waals surface area (Å²) in [5, 5.41) is 4.61. The Kier molecular flexibility index (Phi) is 22.6. The van der Waals surface area contributed by atoms with Gasteiger partial charge >= 0.3 is 6.03 Å². The van der Waals surface area contributed by atoms with E-state index in [1.807, 2.05) is 0 Å². The summed E-state index contributed by atoms with van der Waals surface area (Å²) in [5.41, 5.74) is 3.22. The molecule has 0 aromatic rings. The normalized spacial score (nSPS) is 9.88. The number of hydrogen-bond acceptors (Lipinski definition) is 8. The molecule has 0 radical (unpaired) electrons. The number of nitrogens with zero attached hydrogens (tertiary/aromatic N) is 4. The van der Waals surface area contributed by atoms with Gasteiger partial charge in [-0.3, -0.25) is 5.01 Å². The summed E-state index contributed by atoms with van der Waals surface area (Å²) in [6, 6.07) is -0.124. The zero-order valence-corrected chi connectivity index (χ0v) is 19.1. The third-order valence-corrected chi connectivity index (χ3v) is 4.81. The highest BCUT2D eigenvalue weighted by atomic mass is 16.2. The van der Waals surface area contributed by atoms with Gasteiger partial charge in [0.1, 0.15) is 0 Å². The van der Waals surface area contributed by atoms with E-state index in [4.69, 9.17) is 0 Å². The van der Waals surface area contributed by atoms with Crippen LogP contribution in [0.15, 0.2) is 15.0 Å². The highest BCUT2D eigenvalue weighted by molar-refractivity contribution is 5.73. The smallest absolute Gasteiger partial charge is 0.331 e. The van der Waals surface area contributed by atoms with Crippen LogP contribution in [0.1, 0.15) is 77.0 Å². The number of carbonyl (C=O) groups excluding carboxylic acids is 4. The maximum atomic E-state index is 12.5. The molecular formula is C22H38N6O4. The van der Waals surface area contributed by atoms with Gasteiger partial charge in [0, 0.05) is 19.6 Å². The highest BCUT2D eigenvalue weighted by Crippen LogP contribution is 2.04. The number of unbranched alkanes of at least 4 members (excludes halogenated alkanes) is 9. The summed E-state index contributed by atoms with van der Waals surface area (Å²) in [4.78, 5) is 53.3. The van der Waals surface area contributed by atoms with E-state index in [9.17, 15) is 19.2 Å². The van der Waals surface area contributed by atoms with Gasteiger partial charge in [-0.2, -0.15) is 0 Å². The molecular weight excluding hydrogens is 412 g/mol. The number of rotatable bonds is 22. The first kappa shape index (κ1) is 29.4. The predicted octanol–water partition coefficient (Wildman–Crippen LogP) is 3.19. The van der Waals surface area contributed by atoms with E-state index < -0.39 is 0 Å². The van der Waals surface area contributed by atoms with Crippen LogP contribution in [-0.4, -0.2) is 68.5 Å². The average Bonchev–Trinajstić information content (AvgIpc) is 2.80. The van der Waals surface area contributed by atoms with Gasteiger partial charge in [-0.05, 0) is 38.5 Å². The number of isocyanates is 3. The number of hydrogen-bond donors (Lipinski definition) is 2. The van der Waals surface area contributed by atoms with Gasteiger partial charge < -0.3 is 5.32 Å². The van der Waals surface area contributed by atoms with Gasteiger partial charge in [-0.1, -0.05) is 38.5 Å². The molecule has 0 spiro atoms. The molecule has 0 rings (SSSR count). The molecule has 10 nitrogen and oxygen atoms in total. The number of hydrazine groups is 1. The molecule has 0 aliphatic carbocycles. The molecule has 0 aromatic carbocycles. The lowest BCUT2D eigenvalue weighted by molar-refractivity contribution is 0.167. The molecule has 10 heteroatoms. The Bertz CT molecular complexity index is 612. The minimum absolute atomic E-state index is 0.124. The summed E-state index contributed by atoms with van der Waals surface area (Å²) in [7, 11) is 0. The summed E-state index contributed by atoms with van der Waals surface area (Å²) < 4.78 is 0. The van der Waals surface area contributed by atoms with E-state index >= 15 is 0 Å². The molecule has 0 aliphatic rings. The monoisotopic (exact) mass is 450 g/mol. The van der Waals surface area contributed by atoms with E-state index in [1.54, 1.807) is 17.2 Å². The van der Waals surface area contributed by atoms with Crippen LogP contribution < -0.4 is 10.7 Å². The Hall–Kier alpha value is -2.63. The van der Waals surface area contributed by atoms with Crippen molar-refractivity contribution < 1.29 is 19.2 Å². The van der Waals surface area contributed by atoms with Crippen molar-refractivity contribution in [2.45, 2.75) is 77.0 Å². The molecule has 0 atom stereocenters. The fraction of sp³-hybridized carbons (Fsp3) is 0.818. The lowest BCUT2D eigenvalue weighted by atomic mass is 10.2. The average molecular weight is 451 g/mol. The second-order valence-electron chi connectivity index (χ2n) is 7.45. The molecule has 0 saturated heterocycles. The largest absolute Gasteiger partial charge is 0.337 e. The van der Waals surface area contributed by atoms with Gasteiger partial charge in [-0.15, -0.1) is 0 Å². The second kappa shape index (κ2) is 24.6. The van der Waals surface area contributed by atoms with Gasteiger partial charge in [0.05, 0.1) is 19.6 Å². The molecule has 0 aliphatic heterocycles. The summed E-state index contributed by atoms with van der Waals surface area (Å²) in [6.45, 7) is 3.46. The maximum absolute atomic E-state index is 12.5. The Morgan fingerprint density at radius 3 is 1.53 bits per heavy atom. The Morgan fingerprint density at radius 2 is 1.03 bits per heavy atom. The first-order chi connectivity index (χ1) is 15.8. The third-order valence-electron chi connectivity index (χ3n) is 4.81. The molecule has 2 amide bonds. The molecule has 0 heterocycles. The van der Waals surface area contributed by atoms with Crippen LogP contribution in [0.5, 0.6) is 0 Å². The highest BCUT2D eigenvalue weighted by Gasteiger charge is 2.11. The zero-order chi connectivity index (χ0) is 23.5. The van der Waals surface area contributed by atoms with E-state index in [2.05, 4.69) is 25.7 Å². The minimum Gasteiger partial charge on any atom is -0.337 e. The number of nitrogens with one attached hydrogen (secondary N) is 2. The van der Waals surface area contributed by atoms with Gasteiger partial charge in [-0.25, -0.2) is 39.6 Å². The topological polar surface area (TPSA) is 133 Å². The molecule has 32 heavy (non-hydrogen) atoms. The number of urea groups is 1. The molecule has 0 bridgehead atoms. The molecule has 180 valence electrons. The quantitative estimate of drug-likeness (QED) is 0.113. The van der Waals surface area contributed by atoms with Crippen molar-refractivity contribution in [1.29, 1.82) is 0 Å². The van der Waals surface area contributed by atoms with Crippen LogP contribution in [0.3, 0.4) is 0 Å². The van der Waals surface area contributed by atoms with Crippen LogP contribution in [-0.2, 0) is 14.4 Å². The minimum atomic E-state index is -0.124. The van der Waals surface area contributed by atoms with Gasteiger partial charge in [0.2, 0.25) is 18.2 Å². The lowest BCUT2D eigenvalue weighted by Crippen LogP contribution is -2.49. The van der Waals surface area contributed by atoms with Crippen molar-refractivity contribution in [3.63, 3.8) is 0 Å². The molecule has 2 N–H and O–H groups in total. The van der Waals surface area contributed by atoms with Crippen LogP contribution in [0, 0.1) is 0 Å². The van der Waals surface area contributed by atoms with Crippen molar-refractivity contribution in [2.24, 2.45) is 15.0 Å². The summed E-state index contributed by atoms with van der Waals surface area (Å²) in [6.07, 6.45) is 15.7. The lowest BCUT2D eigenvalue weighted by Gasteiger charge is -2.24. The van der Waals surface area contributed by atoms with E-state index in [1.165, 1.54) is 6.08 Å². The zero-order valence-electron chi connectivity index (χ0n) is 19.1. The van der Waals surface area contributed by atoms with Crippen molar-refractivity contribution in [1.82, 2.24) is 15.8 Å². The van der Waals surface area contributed by atoms with Crippen LogP contribution in [0.4, 0.5) is 4.79 Å². The Morgan fingerprint density at radius 1 is 0.594 bits per heavy atom. The van der Waals surface area contributed by atoms with Crippen molar-refractivity contribution in [3.05, 3.63) is 0 Å². The number of amides is 2. The van der Waals surface area contributed by atoms with E-state index in [-0.39, 0.29) is 6.03 Å². The fourth-order valence-corrected chi connectivity index (χ4v) is 3.05. The molecule has 0 fully saturated rings. The van der Waals surface area contributed by atoms with Crippen LogP contribution >= 0.6 is 0 Å². The van der Waals surface area contributed by atoms with E-state index in [0.29, 0.717) is 39.3 Å². The SMILES string of the molecule is O=C=NCCCCCCNC(=O)N(CCCCCCN=C=O)NCCCCCCN=C=O. The maximum Gasteiger partial charge on any atom is 0.331 e.